The third-order valence-corrected chi connectivity index (χ3v) is 2.84. The van der Waals surface area contributed by atoms with Crippen molar-refractivity contribution in [3.63, 3.8) is 0 Å². The molecule has 1 heterocycles. The molecule has 0 amide bonds. The molecular weight excluding hydrogens is 226 g/mol. The molecule has 2 N–H and O–H groups in total. The van der Waals surface area contributed by atoms with Gasteiger partial charge in [0.25, 0.3) is 0 Å². The van der Waals surface area contributed by atoms with Crippen LogP contribution in [0.15, 0.2) is 30.6 Å². The minimum Gasteiger partial charge on any atom is -0.497 e. The molecule has 0 aliphatic rings. The van der Waals surface area contributed by atoms with E-state index < -0.39 is 0 Å². The molecule has 18 heavy (non-hydrogen) atoms. The van der Waals surface area contributed by atoms with Gasteiger partial charge in [0.2, 0.25) is 0 Å². The van der Waals surface area contributed by atoms with E-state index in [1.54, 1.807) is 7.11 Å². The highest BCUT2D eigenvalue weighted by Crippen LogP contribution is 2.20. The number of nitrogens with two attached hydrogens (primary N) is 1. The third kappa shape index (κ3) is 2.64. The lowest BCUT2D eigenvalue weighted by Gasteiger charge is -2.12. The van der Waals surface area contributed by atoms with Gasteiger partial charge >= 0.3 is 0 Å². The zero-order valence-corrected chi connectivity index (χ0v) is 11.1. The summed E-state index contributed by atoms with van der Waals surface area (Å²) >= 11 is 0. The smallest absolute Gasteiger partial charge is 0.121 e. The van der Waals surface area contributed by atoms with Crippen molar-refractivity contribution in [2.75, 3.05) is 12.8 Å². The van der Waals surface area contributed by atoms with Gasteiger partial charge < -0.3 is 15.0 Å². The Kier molecular flexibility index (Phi) is 3.55. The van der Waals surface area contributed by atoms with Crippen LogP contribution in [0.3, 0.4) is 0 Å². The molecule has 0 aliphatic heterocycles. The van der Waals surface area contributed by atoms with Gasteiger partial charge in [-0.25, -0.2) is 4.98 Å². The summed E-state index contributed by atoms with van der Waals surface area (Å²) in [5, 5.41) is 0. The number of hydrogen-bond donors (Lipinski definition) is 1. The molecule has 0 saturated heterocycles. The molecule has 1 aromatic heterocycles. The van der Waals surface area contributed by atoms with Gasteiger partial charge in [-0.15, -0.1) is 0 Å². The Labute approximate surface area is 107 Å². The van der Waals surface area contributed by atoms with Crippen LogP contribution in [0.1, 0.15) is 31.2 Å². The van der Waals surface area contributed by atoms with Crippen molar-refractivity contribution in [2.24, 2.45) is 0 Å². The van der Waals surface area contributed by atoms with Gasteiger partial charge in [0.05, 0.1) is 7.11 Å². The molecule has 0 atom stereocenters. The third-order valence-electron chi connectivity index (χ3n) is 2.84. The summed E-state index contributed by atoms with van der Waals surface area (Å²) in [5.41, 5.74) is 7.69. The van der Waals surface area contributed by atoms with Gasteiger partial charge in [0.1, 0.15) is 11.6 Å². The minimum atomic E-state index is 0.406. The molecule has 0 aliphatic carbocycles. The zero-order valence-electron chi connectivity index (χ0n) is 11.1. The van der Waals surface area contributed by atoms with E-state index in [-0.39, 0.29) is 0 Å². The maximum atomic E-state index is 5.86. The van der Waals surface area contributed by atoms with Crippen molar-refractivity contribution in [3.05, 3.63) is 42.0 Å². The van der Waals surface area contributed by atoms with Crippen LogP contribution in [0.4, 0.5) is 5.69 Å². The fourth-order valence-electron chi connectivity index (χ4n) is 2.05. The molecule has 96 valence electrons. The highest BCUT2D eigenvalue weighted by Gasteiger charge is 2.08. The summed E-state index contributed by atoms with van der Waals surface area (Å²) in [5.74, 6) is 2.27. The Balaban J connectivity index is 2.28. The summed E-state index contributed by atoms with van der Waals surface area (Å²) in [6.45, 7) is 5.03. The van der Waals surface area contributed by atoms with Crippen LogP contribution in [0.25, 0.3) is 0 Å². The first-order chi connectivity index (χ1) is 8.60. The van der Waals surface area contributed by atoms with Crippen molar-refractivity contribution in [1.82, 2.24) is 9.55 Å². The van der Waals surface area contributed by atoms with Gasteiger partial charge in [0.15, 0.2) is 0 Å². The van der Waals surface area contributed by atoms with E-state index in [2.05, 4.69) is 23.4 Å². The van der Waals surface area contributed by atoms with Crippen LogP contribution in [0.5, 0.6) is 5.75 Å². The number of imidazole rings is 1. The molecule has 0 fully saturated rings. The van der Waals surface area contributed by atoms with E-state index >= 15 is 0 Å². The van der Waals surface area contributed by atoms with Crippen molar-refractivity contribution in [1.29, 1.82) is 0 Å². The van der Waals surface area contributed by atoms with Crippen molar-refractivity contribution in [2.45, 2.75) is 26.3 Å². The van der Waals surface area contributed by atoms with Crippen LogP contribution < -0.4 is 10.5 Å². The molecule has 4 heteroatoms. The van der Waals surface area contributed by atoms with Crippen molar-refractivity contribution >= 4 is 5.69 Å². The lowest BCUT2D eigenvalue weighted by Crippen LogP contribution is -2.06. The number of aromatic nitrogens is 2. The highest BCUT2D eigenvalue weighted by molar-refractivity contribution is 5.47. The second kappa shape index (κ2) is 5.12. The summed E-state index contributed by atoms with van der Waals surface area (Å²) in [6.07, 6.45) is 3.82. The van der Waals surface area contributed by atoms with E-state index in [1.165, 1.54) is 0 Å². The van der Waals surface area contributed by atoms with Crippen molar-refractivity contribution in [3.8, 4) is 5.75 Å². The molecule has 2 aromatic rings. The Morgan fingerprint density at radius 2 is 2.11 bits per heavy atom. The lowest BCUT2D eigenvalue weighted by molar-refractivity contribution is 0.414. The summed E-state index contributed by atoms with van der Waals surface area (Å²) in [6, 6.07) is 5.79. The summed E-state index contributed by atoms with van der Waals surface area (Å²) in [4.78, 5) is 4.38. The van der Waals surface area contributed by atoms with Crippen LogP contribution in [0, 0.1) is 0 Å². The second-order valence-corrected chi connectivity index (χ2v) is 4.68. The van der Waals surface area contributed by atoms with Crippen LogP contribution >= 0.6 is 0 Å². The topological polar surface area (TPSA) is 53.1 Å². The number of anilines is 1. The molecule has 4 nitrogen and oxygen atoms in total. The number of methoxy groups -OCH3 is 1. The number of hydrogen-bond acceptors (Lipinski definition) is 3. The number of ether oxygens (including phenoxy) is 1. The van der Waals surface area contributed by atoms with E-state index in [4.69, 9.17) is 10.5 Å². The van der Waals surface area contributed by atoms with Crippen LogP contribution in [0.2, 0.25) is 0 Å². The normalized spacial score (nSPS) is 10.9. The molecule has 1 aromatic carbocycles. The Morgan fingerprint density at radius 1 is 1.33 bits per heavy atom. The van der Waals surface area contributed by atoms with Crippen molar-refractivity contribution < 1.29 is 4.74 Å². The van der Waals surface area contributed by atoms with E-state index in [0.717, 1.165) is 29.4 Å². The lowest BCUT2D eigenvalue weighted by atomic mass is 10.1. The van der Waals surface area contributed by atoms with Crippen LogP contribution in [-0.4, -0.2) is 16.7 Å². The Morgan fingerprint density at radius 3 is 2.78 bits per heavy atom. The average Bonchev–Trinajstić information content (AvgIpc) is 2.76. The maximum Gasteiger partial charge on any atom is 0.121 e. The molecule has 0 bridgehead atoms. The standard InChI is InChI=1S/C14H19N3O/c1-10(2)14-16-4-5-17(14)9-11-6-12(15)8-13(7-11)18-3/h4-8,10H,9,15H2,1-3H3. The maximum absolute atomic E-state index is 5.86. The van der Waals surface area contributed by atoms with E-state index in [0.29, 0.717) is 5.92 Å². The largest absolute Gasteiger partial charge is 0.497 e. The van der Waals surface area contributed by atoms with Crippen LogP contribution in [-0.2, 0) is 6.54 Å². The molecule has 0 saturated carbocycles. The van der Waals surface area contributed by atoms with Gasteiger partial charge in [-0.1, -0.05) is 13.8 Å². The minimum absolute atomic E-state index is 0.406. The van der Waals surface area contributed by atoms with E-state index in [9.17, 15) is 0 Å². The fourth-order valence-corrected chi connectivity index (χ4v) is 2.05. The number of nitrogens with zero attached hydrogens (tertiary/aromatic N) is 2. The number of nitrogen functional groups attached to an aromatic ring is 1. The van der Waals surface area contributed by atoms with E-state index in [1.807, 2.05) is 30.6 Å². The SMILES string of the molecule is COc1cc(N)cc(Cn2ccnc2C(C)C)c1. The predicted molar refractivity (Wildman–Crippen MR) is 72.8 cm³/mol. The average molecular weight is 245 g/mol. The summed E-state index contributed by atoms with van der Waals surface area (Å²) < 4.78 is 7.37. The quantitative estimate of drug-likeness (QED) is 0.842. The Hall–Kier alpha value is -1.97. The Bertz CT molecular complexity index is 532. The van der Waals surface area contributed by atoms with Gasteiger partial charge in [-0.05, 0) is 17.7 Å². The molecule has 0 spiro atoms. The fraction of sp³-hybridized carbons (Fsp3) is 0.357. The van der Waals surface area contributed by atoms with Gasteiger partial charge in [-0.2, -0.15) is 0 Å². The second-order valence-electron chi connectivity index (χ2n) is 4.68. The van der Waals surface area contributed by atoms with Gasteiger partial charge in [-0.3, -0.25) is 0 Å². The number of rotatable bonds is 4. The summed E-state index contributed by atoms with van der Waals surface area (Å²) in [7, 11) is 1.65. The number of benzene rings is 1. The first kappa shape index (κ1) is 12.5. The molecule has 0 radical (unpaired) electrons. The molecular formula is C14H19N3O. The molecule has 0 unspecified atom stereocenters. The monoisotopic (exact) mass is 245 g/mol. The molecule has 2 rings (SSSR count). The first-order valence-corrected chi connectivity index (χ1v) is 6.04. The predicted octanol–water partition coefficient (Wildman–Crippen LogP) is 2.65. The van der Waals surface area contributed by atoms with Gasteiger partial charge in [0, 0.05) is 36.6 Å². The zero-order chi connectivity index (χ0) is 13.1. The highest BCUT2D eigenvalue weighted by atomic mass is 16.5. The first-order valence-electron chi connectivity index (χ1n) is 6.04.